The van der Waals surface area contributed by atoms with Crippen LogP contribution in [0.4, 0.5) is 5.69 Å². The number of carbonyl (C=O) groups excluding carboxylic acids is 1. The summed E-state index contributed by atoms with van der Waals surface area (Å²) < 4.78 is 5.17. The Morgan fingerprint density at radius 1 is 1.43 bits per heavy atom. The van der Waals surface area contributed by atoms with Crippen molar-refractivity contribution in [2.75, 3.05) is 11.9 Å². The van der Waals surface area contributed by atoms with Crippen molar-refractivity contribution in [1.29, 1.82) is 0 Å². The van der Waals surface area contributed by atoms with Crippen molar-refractivity contribution >= 4 is 11.6 Å². The second kappa shape index (κ2) is 6.05. The molecule has 1 unspecified atom stereocenters. The highest BCUT2D eigenvalue weighted by atomic mass is 16.4. The average Bonchev–Trinajstić information content (AvgIpc) is 3.04. The van der Waals surface area contributed by atoms with E-state index in [1.54, 1.807) is 0 Å². The zero-order valence-electron chi connectivity index (χ0n) is 11.9. The van der Waals surface area contributed by atoms with Gasteiger partial charge in [-0.15, -0.1) is 10.2 Å². The monoisotopic (exact) mass is 286 g/mol. The maximum absolute atomic E-state index is 12.2. The molecule has 0 saturated carbocycles. The van der Waals surface area contributed by atoms with E-state index in [0.29, 0.717) is 5.89 Å². The van der Waals surface area contributed by atoms with Gasteiger partial charge < -0.3 is 15.1 Å². The number of hydrogen-bond acceptors (Lipinski definition) is 5. The SMILES string of the molecule is Cc1cc(-c2nnco2)ccc1NC(=O)C1CCCCN1. The molecule has 110 valence electrons. The number of aromatic nitrogens is 2. The van der Waals surface area contributed by atoms with Gasteiger partial charge in [0.1, 0.15) is 0 Å². The minimum atomic E-state index is -0.0891. The smallest absolute Gasteiger partial charge is 0.247 e. The average molecular weight is 286 g/mol. The molecule has 1 aliphatic rings. The van der Waals surface area contributed by atoms with Crippen LogP contribution in [0.3, 0.4) is 0 Å². The van der Waals surface area contributed by atoms with E-state index < -0.39 is 0 Å². The molecule has 6 nitrogen and oxygen atoms in total. The molecule has 1 fully saturated rings. The first-order chi connectivity index (χ1) is 10.2. The molecule has 6 heteroatoms. The van der Waals surface area contributed by atoms with Gasteiger partial charge >= 0.3 is 0 Å². The van der Waals surface area contributed by atoms with E-state index in [4.69, 9.17) is 4.42 Å². The predicted molar refractivity (Wildman–Crippen MR) is 78.7 cm³/mol. The first kappa shape index (κ1) is 13.8. The van der Waals surface area contributed by atoms with Crippen molar-refractivity contribution in [1.82, 2.24) is 15.5 Å². The zero-order valence-corrected chi connectivity index (χ0v) is 11.9. The molecule has 2 N–H and O–H groups in total. The fraction of sp³-hybridized carbons (Fsp3) is 0.400. The summed E-state index contributed by atoms with van der Waals surface area (Å²) in [7, 11) is 0. The highest BCUT2D eigenvalue weighted by Crippen LogP contribution is 2.23. The number of rotatable bonds is 3. The zero-order chi connectivity index (χ0) is 14.7. The Bertz CT molecular complexity index is 619. The Labute approximate surface area is 123 Å². The molecule has 1 aromatic heterocycles. The molecule has 1 atom stereocenters. The molecule has 2 aromatic rings. The van der Waals surface area contributed by atoms with Crippen molar-refractivity contribution in [3.05, 3.63) is 30.2 Å². The number of anilines is 1. The van der Waals surface area contributed by atoms with Crippen LogP contribution in [-0.4, -0.2) is 28.7 Å². The van der Waals surface area contributed by atoms with E-state index in [2.05, 4.69) is 20.8 Å². The van der Waals surface area contributed by atoms with E-state index >= 15 is 0 Å². The Kier molecular flexibility index (Phi) is 3.96. The molecule has 1 aromatic carbocycles. The van der Waals surface area contributed by atoms with Crippen molar-refractivity contribution in [3.8, 4) is 11.5 Å². The lowest BCUT2D eigenvalue weighted by Crippen LogP contribution is -2.43. The lowest BCUT2D eigenvalue weighted by Gasteiger charge is -2.23. The van der Waals surface area contributed by atoms with Crippen LogP contribution < -0.4 is 10.6 Å². The molecule has 0 aliphatic carbocycles. The third-order valence-corrected chi connectivity index (χ3v) is 3.72. The standard InChI is InChI=1S/C15H18N4O2/c1-10-8-11(15-19-17-9-21-15)5-6-12(10)18-14(20)13-4-2-3-7-16-13/h5-6,8-9,13,16H,2-4,7H2,1H3,(H,18,20). The lowest BCUT2D eigenvalue weighted by atomic mass is 10.0. The van der Waals surface area contributed by atoms with E-state index in [-0.39, 0.29) is 11.9 Å². The highest BCUT2D eigenvalue weighted by Gasteiger charge is 2.21. The van der Waals surface area contributed by atoms with Crippen molar-refractivity contribution in [2.24, 2.45) is 0 Å². The van der Waals surface area contributed by atoms with Gasteiger partial charge in [-0.3, -0.25) is 4.79 Å². The second-order valence-electron chi connectivity index (χ2n) is 5.27. The van der Waals surface area contributed by atoms with Gasteiger partial charge in [0.15, 0.2) is 0 Å². The minimum Gasteiger partial charge on any atom is -0.423 e. The summed E-state index contributed by atoms with van der Waals surface area (Å²) in [5.74, 6) is 0.508. The van der Waals surface area contributed by atoms with Crippen molar-refractivity contribution < 1.29 is 9.21 Å². The van der Waals surface area contributed by atoms with E-state index in [1.165, 1.54) is 6.39 Å². The van der Waals surface area contributed by atoms with Gasteiger partial charge in [0, 0.05) is 11.3 Å². The van der Waals surface area contributed by atoms with E-state index in [1.807, 2.05) is 25.1 Å². The number of aryl methyl sites for hydroxylation is 1. The fourth-order valence-corrected chi connectivity index (χ4v) is 2.53. The van der Waals surface area contributed by atoms with Crippen LogP contribution >= 0.6 is 0 Å². The van der Waals surface area contributed by atoms with E-state index in [9.17, 15) is 4.79 Å². The molecule has 1 aliphatic heterocycles. The number of nitrogens with zero attached hydrogens (tertiary/aromatic N) is 2. The highest BCUT2D eigenvalue weighted by molar-refractivity contribution is 5.95. The van der Waals surface area contributed by atoms with Crippen LogP contribution in [0.2, 0.25) is 0 Å². The third kappa shape index (κ3) is 3.11. The molecule has 0 radical (unpaired) electrons. The van der Waals surface area contributed by atoms with Gasteiger partial charge in [-0.25, -0.2) is 0 Å². The normalized spacial score (nSPS) is 18.4. The quantitative estimate of drug-likeness (QED) is 0.903. The van der Waals surface area contributed by atoms with E-state index in [0.717, 1.165) is 42.6 Å². The predicted octanol–water partition coefficient (Wildman–Crippen LogP) is 2.13. The van der Waals surface area contributed by atoms with Crippen LogP contribution in [0.5, 0.6) is 0 Å². The van der Waals surface area contributed by atoms with Crippen molar-refractivity contribution in [2.45, 2.75) is 32.2 Å². The summed E-state index contributed by atoms with van der Waals surface area (Å²) in [6.07, 6.45) is 4.43. The Balaban J connectivity index is 1.72. The number of amides is 1. The minimum absolute atomic E-state index is 0.0309. The number of benzene rings is 1. The summed E-state index contributed by atoms with van der Waals surface area (Å²) in [6.45, 7) is 2.86. The van der Waals surface area contributed by atoms with Gasteiger partial charge in [-0.05, 0) is 50.1 Å². The maximum atomic E-state index is 12.2. The van der Waals surface area contributed by atoms with Gasteiger partial charge in [0.2, 0.25) is 18.2 Å². The number of nitrogens with one attached hydrogen (secondary N) is 2. The summed E-state index contributed by atoms with van der Waals surface area (Å²) in [4.78, 5) is 12.2. The van der Waals surface area contributed by atoms with Crippen LogP contribution in [0.25, 0.3) is 11.5 Å². The van der Waals surface area contributed by atoms with Crippen LogP contribution in [0.1, 0.15) is 24.8 Å². The summed E-state index contributed by atoms with van der Waals surface area (Å²) >= 11 is 0. The third-order valence-electron chi connectivity index (χ3n) is 3.72. The van der Waals surface area contributed by atoms with Gasteiger partial charge in [-0.1, -0.05) is 6.42 Å². The summed E-state index contributed by atoms with van der Waals surface area (Å²) in [5, 5.41) is 13.8. The topological polar surface area (TPSA) is 80.1 Å². The maximum Gasteiger partial charge on any atom is 0.247 e. The van der Waals surface area contributed by atoms with Gasteiger partial charge in [-0.2, -0.15) is 0 Å². The number of piperidine rings is 1. The molecule has 21 heavy (non-hydrogen) atoms. The summed E-state index contributed by atoms with van der Waals surface area (Å²) in [6, 6.07) is 5.58. The molecule has 0 bridgehead atoms. The Hall–Kier alpha value is -2.21. The lowest BCUT2D eigenvalue weighted by molar-refractivity contribution is -0.118. The van der Waals surface area contributed by atoms with Crippen LogP contribution in [-0.2, 0) is 4.79 Å². The Morgan fingerprint density at radius 2 is 2.33 bits per heavy atom. The van der Waals surface area contributed by atoms with Crippen LogP contribution in [0.15, 0.2) is 29.0 Å². The van der Waals surface area contributed by atoms with Gasteiger partial charge in [0.25, 0.3) is 0 Å². The van der Waals surface area contributed by atoms with Crippen molar-refractivity contribution in [3.63, 3.8) is 0 Å². The molecule has 1 amide bonds. The summed E-state index contributed by atoms with van der Waals surface area (Å²) in [5.41, 5.74) is 2.63. The molecule has 1 saturated heterocycles. The molecule has 2 heterocycles. The molecular formula is C15H18N4O2. The molecular weight excluding hydrogens is 268 g/mol. The fourth-order valence-electron chi connectivity index (χ4n) is 2.53. The van der Waals surface area contributed by atoms with Crippen LogP contribution in [0, 0.1) is 6.92 Å². The largest absolute Gasteiger partial charge is 0.423 e. The van der Waals surface area contributed by atoms with Gasteiger partial charge in [0.05, 0.1) is 6.04 Å². The number of hydrogen-bond donors (Lipinski definition) is 2. The first-order valence-electron chi connectivity index (χ1n) is 7.15. The molecule has 0 spiro atoms. The molecule has 3 rings (SSSR count). The first-order valence-corrected chi connectivity index (χ1v) is 7.15. The Morgan fingerprint density at radius 3 is 3.00 bits per heavy atom. The number of carbonyl (C=O) groups is 1. The second-order valence-corrected chi connectivity index (χ2v) is 5.27.